The van der Waals surface area contributed by atoms with E-state index in [2.05, 4.69) is 22.8 Å². The molecule has 3 unspecified atom stereocenters. The van der Waals surface area contributed by atoms with E-state index in [-0.39, 0.29) is 17.9 Å². The summed E-state index contributed by atoms with van der Waals surface area (Å²) in [6, 6.07) is 0.481. The molecule has 0 aromatic heterocycles. The van der Waals surface area contributed by atoms with Gasteiger partial charge in [0, 0.05) is 12.1 Å². The molecule has 0 aromatic rings. The van der Waals surface area contributed by atoms with Crippen molar-refractivity contribution in [3.63, 3.8) is 0 Å². The molecule has 1 aliphatic heterocycles. The number of hydrogen-bond donors (Lipinski definition) is 2. The predicted octanol–water partition coefficient (Wildman–Crippen LogP) is 0.446. The first-order valence-electron chi connectivity index (χ1n) is 6.01. The van der Waals surface area contributed by atoms with Crippen molar-refractivity contribution in [2.75, 3.05) is 20.3 Å². The minimum absolute atomic E-state index is 0.0316. The lowest BCUT2D eigenvalue weighted by Gasteiger charge is -2.23. The normalized spacial score (nSPS) is 33.9. The van der Waals surface area contributed by atoms with Crippen molar-refractivity contribution in [2.24, 2.45) is 5.92 Å². The molecule has 0 bridgehead atoms. The zero-order valence-electron chi connectivity index (χ0n) is 9.74. The Balaban J connectivity index is 1.84. The molecule has 4 nitrogen and oxygen atoms in total. The molecule has 1 heterocycles. The molecule has 2 N–H and O–H groups in total. The lowest BCUT2D eigenvalue weighted by atomic mass is 9.98. The van der Waals surface area contributed by atoms with Gasteiger partial charge in [-0.3, -0.25) is 4.79 Å². The topological polar surface area (TPSA) is 50.4 Å². The SMILES string of the molecule is CNC1COCC1C(=O)NC1CC=CCC1. The van der Waals surface area contributed by atoms with E-state index >= 15 is 0 Å². The Hall–Kier alpha value is -0.870. The molecule has 2 rings (SSSR count). The number of nitrogens with one attached hydrogen (secondary N) is 2. The third-order valence-corrected chi connectivity index (χ3v) is 3.40. The molecule has 4 heteroatoms. The van der Waals surface area contributed by atoms with Crippen LogP contribution in [0.1, 0.15) is 19.3 Å². The highest BCUT2D eigenvalue weighted by molar-refractivity contribution is 5.80. The van der Waals surface area contributed by atoms with Gasteiger partial charge < -0.3 is 15.4 Å². The van der Waals surface area contributed by atoms with Crippen LogP contribution in [0.3, 0.4) is 0 Å². The van der Waals surface area contributed by atoms with Crippen LogP contribution in [0.4, 0.5) is 0 Å². The zero-order valence-corrected chi connectivity index (χ0v) is 9.74. The Bertz CT molecular complexity index is 278. The third kappa shape index (κ3) is 2.62. The van der Waals surface area contributed by atoms with E-state index in [9.17, 15) is 4.79 Å². The fourth-order valence-electron chi connectivity index (χ4n) is 2.33. The molecular formula is C12H20N2O2. The maximum Gasteiger partial charge on any atom is 0.227 e. The summed E-state index contributed by atoms with van der Waals surface area (Å²) < 4.78 is 5.33. The number of carbonyl (C=O) groups excluding carboxylic acids is 1. The molecule has 1 amide bonds. The highest BCUT2D eigenvalue weighted by Crippen LogP contribution is 2.16. The maximum atomic E-state index is 12.0. The summed E-state index contributed by atoms with van der Waals surface area (Å²) in [6.07, 6.45) is 7.41. The van der Waals surface area contributed by atoms with Crippen molar-refractivity contribution in [3.05, 3.63) is 12.2 Å². The Kier molecular flexibility index (Phi) is 3.96. The smallest absolute Gasteiger partial charge is 0.227 e. The monoisotopic (exact) mass is 224 g/mol. The number of amides is 1. The molecule has 0 radical (unpaired) electrons. The molecule has 16 heavy (non-hydrogen) atoms. The second-order valence-corrected chi connectivity index (χ2v) is 4.53. The van der Waals surface area contributed by atoms with Crippen LogP contribution in [-0.4, -0.2) is 38.3 Å². The van der Waals surface area contributed by atoms with Crippen LogP contribution in [0.25, 0.3) is 0 Å². The number of rotatable bonds is 3. The van der Waals surface area contributed by atoms with E-state index in [1.54, 1.807) is 0 Å². The third-order valence-electron chi connectivity index (χ3n) is 3.40. The average molecular weight is 224 g/mol. The van der Waals surface area contributed by atoms with Crippen molar-refractivity contribution in [3.8, 4) is 0 Å². The van der Waals surface area contributed by atoms with Crippen LogP contribution < -0.4 is 10.6 Å². The molecule has 0 aromatic carbocycles. The van der Waals surface area contributed by atoms with Crippen LogP contribution in [0.2, 0.25) is 0 Å². The molecule has 1 fully saturated rings. The van der Waals surface area contributed by atoms with E-state index in [0.717, 1.165) is 19.3 Å². The van der Waals surface area contributed by atoms with E-state index in [1.807, 2.05) is 7.05 Å². The van der Waals surface area contributed by atoms with Crippen molar-refractivity contribution in [2.45, 2.75) is 31.3 Å². The first kappa shape index (κ1) is 11.6. The summed E-state index contributed by atoms with van der Waals surface area (Å²) in [5.74, 6) is 0.105. The summed E-state index contributed by atoms with van der Waals surface area (Å²) >= 11 is 0. The molecule has 1 aliphatic carbocycles. The van der Waals surface area contributed by atoms with E-state index in [0.29, 0.717) is 19.3 Å². The van der Waals surface area contributed by atoms with Gasteiger partial charge in [0.1, 0.15) is 0 Å². The average Bonchev–Trinajstić information content (AvgIpc) is 2.78. The maximum absolute atomic E-state index is 12.0. The standard InChI is InChI=1S/C12H20N2O2/c1-13-11-8-16-7-10(11)12(15)14-9-5-3-2-4-6-9/h2-3,9-11,13H,4-8H2,1H3,(H,14,15). The molecular weight excluding hydrogens is 204 g/mol. The van der Waals surface area contributed by atoms with Gasteiger partial charge in [-0.05, 0) is 26.3 Å². The van der Waals surface area contributed by atoms with Gasteiger partial charge in [-0.15, -0.1) is 0 Å². The van der Waals surface area contributed by atoms with E-state index in [1.165, 1.54) is 0 Å². The second kappa shape index (κ2) is 5.46. The number of likely N-dealkylation sites (N-methyl/N-ethyl adjacent to an activating group) is 1. The fraction of sp³-hybridized carbons (Fsp3) is 0.750. The quantitative estimate of drug-likeness (QED) is 0.684. The molecule has 1 saturated heterocycles. The Labute approximate surface area is 96.4 Å². The van der Waals surface area contributed by atoms with Gasteiger partial charge in [0.15, 0.2) is 0 Å². The Morgan fingerprint density at radius 2 is 2.25 bits per heavy atom. The number of ether oxygens (including phenoxy) is 1. The Morgan fingerprint density at radius 3 is 2.94 bits per heavy atom. The minimum atomic E-state index is -0.0316. The highest BCUT2D eigenvalue weighted by atomic mass is 16.5. The lowest BCUT2D eigenvalue weighted by Crippen LogP contribution is -2.46. The first-order valence-corrected chi connectivity index (χ1v) is 6.01. The van der Waals surface area contributed by atoms with E-state index < -0.39 is 0 Å². The minimum Gasteiger partial charge on any atom is -0.379 e. The van der Waals surface area contributed by atoms with Crippen molar-refractivity contribution < 1.29 is 9.53 Å². The Morgan fingerprint density at radius 1 is 1.38 bits per heavy atom. The van der Waals surface area contributed by atoms with Crippen molar-refractivity contribution >= 4 is 5.91 Å². The van der Waals surface area contributed by atoms with Gasteiger partial charge in [-0.2, -0.15) is 0 Å². The number of hydrogen-bond acceptors (Lipinski definition) is 3. The van der Waals surface area contributed by atoms with Crippen LogP contribution in [-0.2, 0) is 9.53 Å². The van der Waals surface area contributed by atoms with Crippen LogP contribution in [0, 0.1) is 5.92 Å². The van der Waals surface area contributed by atoms with Crippen LogP contribution in [0.15, 0.2) is 12.2 Å². The summed E-state index contributed by atoms with van der Waals surface area (Å²) in [5.41, 5.74) is 0. The largest absolute Gasteiger partial charge is 0.379 e. The van der Waals surface area contributed by atoms with E-state index in [4.69, 9.17) is 4.74 Å². The molecule has 0 spiro atoms. The van der Waals surface area contributed by atoms with Gasteiger partial charge in [-0.25, -0.2) is 0 Å². The number of carbonyl (C=O) groups is 1. The van der Waals surface area contributed by atoms with Crippen LogP contribution in [0.5, 0.6) is 0 Å². The zero-order chi connectivity index (χ0) is 11.4. The van der Waals surface area contributed by atoms with Crippen molar-refractivity contribution in [1.82, 2.24) is 10.6 Å². The van der Waals surface area contributed by atoms with Gasteiger partial charge in [0.2, 0.25) is 5.91 Å². The predicted molar refractivity (Wildman–Crippen MR) is 62.1 cm³/mol. The molecule has 2 aliphatic rings. The van der Waals surface area contributed by atoms with Gasteiger partial charge >= 0.3 is 0 Å². The highest BCUT2D eigenvalue weighted by Gasteiger charge is 2.33. The van der Waals surface area contributed by atoms with Gasteiger partial charge in [-0.1, -0.05) is 12.2 Å². The first-order chi connectivity index (χ1) is 7.81. The summed E-state index contributed by atoms with van der Waals surface area (Å²) in [5, 5.41) is 6.25. The van der Waals surface area contributed by atoms with Gasteiger partial charge in [0.25, 0.3) is 0 Å². The molecule has 90 valence electrons. The second-order valence-electron chi connectivity index (χ2n) is 4.53. The summed E-state index contributed by atoms with van der Waals surface area (Å²) in [7, 11) is 1.88. The number of allylic oxidation sites excluding steroid dienone is 1. The molecule has 0 saturated carbocycles. The van der Waals surface area contributed by atoms with Gasteiger partial charge in [0.05, 0.1) is 19.1 Å². The van der Waals surface area contributed by atoms with Crippen LogP contribution >= 0.6 is 0 Å². The molecule has 3 atom stereocenters. The summed E-state index contributed by atoms with van der Waals surface area (Å²) in [4.78, 5) is 12.0. The fourth-order valence-corrected chi connectivity index (χ4v) is 2.33. The van der Waals surface area contributed by atoms with Crippen molar-refractivity contribution in [1.29, 1.82) is 0 Å². The summed E-state index contributed by atoms with van der Waals surface area (Å²) in [6.45, 7) is 1.18. The lowest BCUT2D eigenvalue weighted by molar-refractivity contribution is -0.126.